The molecule has 0 saturated carbocycles. The summed E-state index contributed by atoms with van der Waals surface area (Å²) in [5, 5.41) is 20.2. The van der Waals surface area contributed by atoms with E-state index in [0.29, 0.717) is 11.1 Å². The van der Waals surface area contributed by atoms with Crippen LogP contribution in [0.15, 0.2) is 46.9 Å². The molecule has 0 heterocycles. The number of nitrogens with zero attached hydrogens (tertiary/aromatic N) is 3. The van der Waals surface area contributed by atoms with Gasteiger partial charge in [0, 0.05) is 29.7 Å². The molecule has 0 amide bonds. The van der Waals surface area contributed by atoms with Gasteiger partial charge in [-0.25, -0.2) is 0 Å². The molecule has 0 atom stereocenters. The minimum Gasteiger partial charge on any atom is -0.371 e. The molecule has 2 aromatic rings. The Labute approximate surface area is 155 Å². The highest BCUT2D eigenvalue weighted by Crippen LogP contribution is 2.29. The monoisotopic (exact) mass is 399 g/mol. The molecule has 0 N–H and O–H groups in total. The molecular formula is C19H18BrN3O2. The van der Waals surface area contributed by atoms with Crippen LogP contribution in [0.2, 0.25) is 0 Å². The Balaban J connectivity index is 2.35. The number of benzene rings is 2. The number of hydrogen-bond donors (Lipinski definition) is 0. The molecule has 128 valence electrons. The van der Waals surface area contributed by atoms with Gasteiger partial charge < -0.3 is 4.90 Å². The smallest absolute Gasteiger partial charge is 0.269 e. The summed E-state index contributed by atoms with van der Waals surface area (Å²) in [4.78, 5) is 12.5. The van der Waals surface area contributed by atoms with Crippen LogP contribution in [-0.4, -0.2) is 18.0 Å². The van der Waals surface area contributed by atoms with Crippen LogP contribution in [0.4, 0.5) is 11.4 Å². The lowest BCUT2D eigenvalue weighted by molar-refractivity contribution is -0.384. The highest BCUT2D eigenvalue weighted by Gasteiger charge is 2.09. The largest absolute Gasteiger partial charge is 0.371 e. The third-order valence-electron chi connectivity index (χ3n) is 3.90. The Morgan fingerprint density at radius 2 is 1.88 bits per heavy atom. The summed E-state index contributed by atoms with van der Waals surface area (Å²) in [6.45, 7) is 6.03. The van der Waals surface area contributed by atoms with Crippen LogP contribution in [0.25, 0.3) is 11.6 Å². The molecule has 0 spiro atoms. The first-order chi connectivity index (χ1) is 12.0. The van der Waals surface area contributed by atoms with Gasteiger partial charge in [0.15, 0.2) is 0 Å². The number of anilines is 1. The standard InChI is InChI=1S/C19H18BrN3O2/c1-3-22(4-2)19-10-5-14(12-18(19)20)11-16(13-21)15-6-8-17(9-7-15)23(24)25/h5-12H,3-4H2,1-2H3/b16-11-. The molecule has 6 heteroatoms. The normalized spacial score (nSPS) is 11.0. The molecular weight excluding hydrogens is 382 g/mol. The molecule has 5 nitrogen and oxygen atoms in total. The Bertz CT molecular complexity index is 835. The van der Waals surface area contributed by atoms with Crippen molar-refractivity contribution in [3.8, 4) is 6.07 Å². The number of hydrogen-bond acceptors (Lipinski definition) is 4. The van der Waals surface area contributed by atoms with Crippen LogP contribution in [-0.2, 0) is 0 Å². The molecule has 0 bridgehead atoms. The van der Waals surface area contributed by atoms with E-state index in [4.69, 9.17) is 0 Å². The number of nitro groups is 1. The van der Waals surface area contributed by atoms with Crippen molar-refractivity contribution in [2.75, 3.05) is 18.0 Å². The highest BCUT2D eigenvalue weighted by molar-refractivity contribution is 9.10. The summed E-state index contributed by atoms with van der Waals surface area (Å²) >= 11 is 3.59. The van der Waals surface area contributed by atoms with E-state index in [9.17, 15) is 15.4 Å². The van der Waals surface area contributed by atoms with E-state index in [-0.39, 0.29) is 5.69 Å². The fourth-order valence-electron chi connectivity index (χ4n) is 2.54. The van der Waals surface area contributed by atoms with E-state index < -0.39 is 4.92 Å². The lowest BCUT2D eigenvalue weighted by atomic mass is 10.0. The van der Waals surface area contributed by atoms with Crippen molar-refractivity contribution in [3.05, 3.63) is 68.2 Å². The molecule has 0 radical (unpaired) electrons. The summed E-state index contributed by atoms with van der Waals surface area (Å²) < 4.78 is 0.964. The zero-order chi connectivity index (χ0) is 18.4. The van der Waals surface area contributed by atoms with E-state index in [1.807, 2.05) is 18.2 Å². The molecule has 0 fully saturated rings. The number of nitriles is 1. The minimum absolute atomic E-state index is 0.00681. The molecule has 25 heavy (non-hydrogen) atoms. The molecule has 2 aromatic carbocycles. The molecule has 0 aliphatic rings. The average Bonchev–Trinajstić information content (AvgIpc) is 2.62. The average molecular weight is 400 g/mol. The molecule has 0 aromatic heterocycles. The summed E-state index contributed by atoms with van der Waals surface area (Å²) in [5.41, 5.74) is 3.11. The summed E-state index contributed by atoms with van der Waals surface area (Å²) in [7, 11) is 0. The highest BCUT2D eigenvalue weighted by atomic mass is 79.9. The van der Waals surface area contributed by atoms with Gasteiger partial charge in [-0.05, 0) is 71.2 Å². The van der Waals surface area contributed by atoms with E-state index in [2.05, 4.69) is 40.7 Å². The maximum absolute atomic E-state index is 10.7. The summed E-state index contributed by atoms with van der Waals surface area (Å²) in [6.07, 6.45) is 1.78. The predicted molar refractivity (Wildman–Crippen MR) is 104 cm³/mol. The maximum Gasteiger partial charge on any atom is 0.269 e. The quantitative estimate of drug-likeness (QED) is 0.287. The van der Waals surface area contributed by atoms with Gasteiger partial charge in [0.2, 0.25) is 0 Å². The minimum atomic E-state index is -0.456. The molecule has 2 rings (SSSR count). The number of rotatable bonds is 6. The van der Waals surface area contributed by atoms with Crippen molar-refractivity contribution in [1.82, 2.24) is 0 Å². The fraction of sp³-hybridized carbons (Fsp3) is 0.211. The lowest BCUT2D eigenvalue weighted by Gasteiger charge is -2.22. The number of halogens is 1. The lowest BCUT2D eigenvalue weighted by Crippen LogP contribution is -2.22. The van der Waals surface area contributed by atoms with Gasteiger partial charge >= 0.3 is 0 Å². The van der Waals surface area contributed by atoms with Crippen molar-refractivity contribution in [2.45, 2.75) is 13.8 Å². The number of allylic oxidation sites excluding steroid dienone is 1. The second-order valence-electron chi connectivity index (χ2n) is 5.36. The SMILES string of the molecule is CCN(CC)c1ccc(/C=C(/C#N)c2ccc([N+](=O)[O-])cc2)cc1Br. The summed E-state index contributed by atoms with van der Waals surface area (Å²) in [5.74, 6) is 0. The van der Waals surface area contributed by atoms with Crippen LogP contribution < -0.4 is 4.90 Å². The van der Waals surface area contributed by atoms with Gasteiger partial charge in [-0.2, -0.15) is 5.26 Å². The van der Waals surface area contributed by atoms with Crippen molar-refractivity contribution in [1.29, 1.82) is 5.26 Å². The topological polar surface area (TPSA) is 70.2 Å². The van der Waals surface area contributed by atoms with Crippen molar-refractivity contribution in [3.63, 3.8) is 0 Å². The first kappa shape index (κ1) is 18.7. The predicted octanol–water partition coefficient (Wildman–Crippen LogP) is 5.27. The van der Waals surface area contributed by atoms with Gasteiger partial charge in [-0.1, -0.05) is 6.07 Å². The van der Waals surface area contributed by atoms with Crippen molar-refractivity contribution >= 4 is 39.0 Å². The van der Waals surface area contributed by atoms with Crippen molar-refractivity contribution < 1.29 is 4.92 Å². The van der Waals surface area contributed by atoms with Crippen LogP contribution in [0.1, 0.15) is 25.0 Å². The van der Waals surface area contributed by atoms with E-state index in [1.54, 1.807) is 18.2 Å². The maximum atomic E-state index is 10.7. The first-order valence-electron chi connectivity index (χ1n) is 7.91. The molecule has 0 unspecified atom stereocenters. The van der Waals surface area contributed by atoms with Crippen LogP contribution in [0.3, 0.4) is 0 Å². The van der Waals surface area contributed by atoms with Crippen molar-refractivity contribution in [2.24, 2.45) is 0 Å². The van der Waals surface area contributed by atoms with Gasteiger partial charge in [0.25, 0.3) is 5.69 Å². The third-order valence-corrected chi connectivity index (χ3v) is 4.53. The second kappa shape index (κ2) is 8.45. The molecule has 0 saturated heterocycles. The Morgan fingerprint density at radius 3 is 2.36 bits per heavy atom. The van der Waals surface area contributed by atoms with E-state index in [1.165, 1.54) is 12.1 Å². The number of nitro benzene ring substituents is 1. The van der Waals surface area contributed by atoms with Gasteiger partial charge in [-0.15, -0.1) is 0 Å². The van der Waals surface area contributed by atoms with Gasteiger partial charge in [0.1, 0.15) is 0 Å². The summed E-state index contributed by atoms with van der Waals surface area (Å²) in [6, 6.07) is 14.1. The van der Waals surface area contributed by atoms with Gasteiger partial charge in [0.05, 0.1) is 22.3 Å². The number of non-ortho nitro benzene ring substituents is 1. The Hall–Kier alpha value is -2.65. The Kier molecular flexibility index (Phi) is 6.31. The molecule has 0 aliphatic carbocycles. The second-order valence-corrected chi connectivity index (χ2v) is 6.21. The van der Waals surface area contributed by atoms with Crippen LogP contribution >= 0.6 is 15.9 Å². The fourth-order valence-corrected chi connectivity index (χ4v) is 3.19. The van der Waals surface area contributed by atoms with Crippen LogP contribution in [0, 0.1) is 21.4 Å². The third kappa shape index (κ3) is 4.46. The van der Waals surface area contributed by atoms with Gasteiger partial charge in [-0.3, -0.25) is 10.1 Å². The van der Waals surface area contributed by atoms with E-state index >= 15 is 0 Å². The first-order valence-corrected chi connectivity index (χ1v) is 8.70. The van der Waals surface area contributed by atoms with Crippen LogP contribution in [0.5, 0.6) is 0 Å². The molecule has 0 aliphatic heterocycles. The van der Waals surface area contributed by atoms with E-state index in [0.717, 1.165) is 28.8 Å². The zero-order valence-corrected chi connectivity index (χ0v) is 15.7. The Morgan fingerprint density at radius 1 is 1.24 bits per heavy atom. The zero-order valence-electron chi connectivity index (χ0n) is 14.1.